The molecule has 9 heteroatoms. The molecule has 0 aliphatic rings. The van der Waals surface area contributed by atoms with Gasteiger partial charge >= 0.3 is 0 Å². The number of nitrogens with zero attached hydrogens (tertiary/aromatic N) is 2. The van der Waals surface area contributed by atoms with Crippen LogP contribution in [0, 0.1) is 6.92 Å². The number of fused-ring (bicyclic) bond motifs is 1. The van der Waals surface area contributed by atoms with Gasteiger partial charge < -0.3 is 4.74 Å². The normalized spacial score (nSPS) is 11.8. The highest BCUT2D eigenvalue weighted by Crippen LogP contribution is 2.29. The van der Waals surface area contributed by atoms with E-state index in [4.69, 9.17) is 4.74 Å². The molecule has 2 aromatic carbocycles. The van der Waals surface area contributed by atoms with Crippen LogP contribution in [-0.2, 0) is 10.0 Å². The number of hydrogen-bond donors (Lipinski definition) is 1. The molecule has 0 spiro atoms. The molecule has 3 rings (SSSR count). The van der Waals surface area contributed by atoms with Gasteiger partial charge in [-0.3, -0.25) is 10.1 Å². The summed E-state index contributed by atoms with van der Waals surface area (Å²) in [6.07, 6.45) is 0. The van der Waals surface area contributed by atoms with Gasteiger partial charge in [-0.2, -0.15) is 4.31 Å². The van der Waals surface area contributed by atoms with Crippen LogP contribution in [0.1, 0.15) is 29.8 Å². The van der Waals surface area contributed by atoms with Crippen LogP contribution in [0.25, 0.3) is 10.2 Å². The predicted molar refractivity (Wildman–Crippen MR) is 115 cm³/mol. The minimum atomic E-state index is -3.70. The van der Waals surface area contributed by atoms with Gasteiger partial charge in [0, 0.05) is 13.1 Å². The largest absolute Gasteiger partial charge is 0.496 e. The van der Waals surface area contributed by atoms with Crippen molar-refractivity contribution in [2.75, 3.05) is 25.5 Å². The molecule has 1 amide bonds. The summed E-state index contributed by atoms with van der Waals surface area (Å²) in [7, 11) is -2.26. The molecule has 0 radical (unpaired) electrons. The van der Waals surface area contributed by atoms with Gasteiger partial charge in [-0.15, -0.1) is 0 Å². The summed E-state index contributed by atoms with van der Waals surface area (Å²) in [5.74, 6) is -0.188. The number of sulfonamides is 1. The van der Waals surface area contributed by atoms with Gasteiger partial charge in [0.15, 0.2) is 5.13 Å². The van der Waals surface area contributed by atoms with Gasteiger partial charge in [0.1, 0.15) is 5.75 Å². The number of benzene rings is 2. The third-order valence-electron chi connectivity index (χ3n) is 4.52. The van der Waals surface area contributed by atoms with Gasteiger partial charge in [0.2, 0.25) is 10.0 Å². The van der Waals surface area contributed by atoms with E-state index in [0.717, 1.165) is 15.8 Å². The molecule has 1 aromatic heterocycles. The van der Waals surface area contributed by atoms with Crippen molar-refractivity contribution in [1.29, 1.82) is 0 Å². The maximum absolute atomic E-state index is 12.9. The number of hydrogen-bond acceptors (Lipinski definition) is 6. The lowest BCUT2D eigenvalue weighted by Gasteiger charge is -2.19. The molecule has 0 atom stereocenters. The number of rotatable bonds is 7. The third-order valence-corrected chi connectivity index (χ3v) is 7.50. The van der Waals surface area contributed by atoms with Crippen molar-refractivity contribution >= 4 is 42.6 Å². The van der Waals surface area contributed by atoms with Crippen molar-refractivity contribution in [3.63, 3.8) is 0 Å². The number of thiazole rings is 1. The van der Waals surface area contributed by atoms with Crippen LogP contribution < -0.4 is 10.1 Å². The minimum Gasteiger partial charge on any atom is -0.496 e. The molecule has 3 aromatic rings. The second kappa shape index (κ2) is 8.48. The number of methoxy groups -OCH3 is 1. The van der Waals surface area contributed by atoms with Gasteiger partial charge in [-0.25, -0.2) is 13.4 Å². The fourth-order valence-electron chi connectivity index (χ4n) is 2.99. The Hall–Kier alpha value is -2.49. The number of anilines is 1. The molecule has 1 heterocycles. The van der Waals surface area contributed by atoms with Crippen LogP contribution in [0.3, 0.4) is 0 Å². The molecule has 0 saturated heterocycles. The summed E-state index contributed by atoms with van der Waals surface area (Å²) >= 11 is 1.36. The number of aromatic nitrogens is 1. The molecular formula is C20H23N3O4S2. The van der Waals surface area contributed by atoms with Crippen molar-refractivity contribution in [3.8, 4) is 5.75 Å². The van der Waals surface area contributed by atoms with Crippen molar-refractivity contribution in [3.05, 3.63) is 47.5 Å². The highest BCUT2D eigenvalue weighted by atomic mass is 32.2. The Balaban J connectivity index is 1.96. The Labute approximate surface area is 174 Å². The first-order chi connectivity index (χ1) is 13.8. The van der Waals surface area contributed by atoms with Crippen molar-refractivity contribution in [1.82, 2.24) is 9.29 Å². The Bertz CT molecular complexity index is 1150. The third kappa shape index (κ3) is 4.26. The van der Waals surface area contributed by atoms with Gasteiger partial charge in [-0.1, -0.05) is 31.3 Å². The smallest absolute Gasteiger partial charge is 0.261 e. The molecule has 0 unspecified atom stereocenters. The first kappa shape index (κ1) is 21.2. The van der Waals surface area contributed by atoms with Gasteiger partial charge in [0.05, 0.1) is 27.8 Å². The average molecular weight is 434 g/mol. The zero-order chi connectivity index (χ0) is 21.2. The summed E-state index contributed by atoms with van der Waals surface area (Å²) < 4.78 is 33.2. The molecule has 0 bridgehead atoms. The fourth-order valence-corrected chi connectivity index (χ4v) is 5.43. The maximum atomic E-state index is 12.9. The van der Waals surface area contributed by atoms with Crippen molar-refractivity contribution in [2.24, 2.45) is 0 Å². The van der Waals surface area contributed by atoms with E-state index >= 15 is 0 Å². The Morgan fingerprint density at radius 3 is 2.55 bits per heavy atom. The van der Waals surface area contributed by atoms with Crippen LogP contribution >= 0.6 is 11.3 Å². The lowest BCUT2D eigenvalue weighted by molar-refractivity contribution is 0.102. The Morgan fingerprint density at radius 2 is 1.90 bits per heavy atom. The molecule has 1 N–H and O–H groups in total. The van der Waals surface area contributed by atoms with E-state index in [1.807, 2.05) is 25.1 Å². The summed E-state index contributed by atoms with van der Waals surface area (Å²) in [5, 5.41) is 3.20. The first-order valence-electron chi connectivity index (χ1n) is 9.16. The van der Waals surface area contributed by atoms with Crippen LogP contribution in [0.4, 0.5) is 5.13 Å². The van der Waals surface area contributed by atoms with Crippen LogP contribution in [0.15, 0.2) is 41.3 Å². The maximum Gasteiger partial charge on any atom is 0.261 e. The van der Waals surface area contributed by atoms with Crippen molar-refractivity contribution < 1.29 is 17.9 Å². The predicted octanol–water partition coefficient (Wildman–Crippen LogP) is 3.90. The number of carbonyl (C=O) groups is 1. The number of ether oxygens (including phenoxy) is 1. The lowest BCUT2D eigenvalue weighted by Crippen LogP contribution is -2.30. The number of nitrogens with one attached hydrogen (secondary N) is 1. The van der Waals surface area contributed by atoms with Gasteiger partial charge in [0.25, 0.3) is 5.91 Å². The highest BCUT2D eigenvalue weighted by Gasteiger charge is 2.25. The molecule has 7 nitrogen and oxygen atoms in total. The lowest BCUT2D eigenvalue weighted by atomic mass is 10.2. The fraction of sp³-hybridized carbons (Fsp3) is 0.300. The number of aryl methyl sites for hydroxylation is 1. The molecule has 0 saturated carbocycles. The number of carbonyl (C=O) groups excluding carboxylic acids is 1. The summed E-state index contributed by atoms with van der Waals surface area (Å²) in [6, 6.07) is 10.1. The van der Waals surface area contributed by atoms with Crippen molar-refractivity contribution in [2.45, 2.75) is 25.7 Å². The van der Waals surface area contributed by atoms with Crippen LogP contribution in [0.2, 0.25) is 0 Å². The van der Waals surface area contributed by atoms with E-state index in [0.29, 0.717) is 18.2 Å². The molecular weight excluding hydrogens is 410 g/mol. The molecule has 29 heavy (non-hydrogen) atoms. The van der Waals surface area contributed by atoms with E-state index in [-0.39, 0.29) is 16.2 Å². The summed E-state index contributed by atoms with van der Waals surface area (Å²) in [4.78, 5) is 17.4. The van der Waals surface area contributed by atoms with E-state index in [2.05, 4.69) is 10.3 Å². The van der Waals surface area contributed by atoms with E-state index in [1.54, 1.807) is 13.8 Å². The first-order valence-corrected chi connectivity index (χ1v) is 11.4. The van der Waals surface area contributed by atoms with E-state index in [9.17, 15) is 13.2 Å². The monoisotopic (exact) mass is 433 g/mol. The van der Waals surface area contributed by atoms with Crippen LogP contribution in [0.5, 0.6) is 5.75 Å². The Kier molecular flexibility index (Phi) is 6.21. The summed E-state index contributed by atoms with van der Waals surface area (Å²) in [6.45, 7) is 6.22. The zero-order valence-corrected chi connectivity index (χ0v) is 18.4. The van der Waals surface area contributed by atoms with Gasteiger partial charge in [-0.05, 0) is 42.8 Å². The molecule has 0 aliphatic carbocycles. The quantitative estimate of drug-likeness (QED) is 0.611. The molecule has 0 fully saturated rings. The van der Waals surface area contributed by atoms with E-state index < -0.39 is 15.9 Å². The second-order valence-electron chi connectivity index (χ2n) is 6.40. The Morgan fingerprint density at radius 1 is 1.17 bits per heavy atom. The topological polar surface area (TPSA) is 88.6 Å². The second-order valence-corrected chi connectivity index (χ2v) is 9.36. The van der Waals surface area contributed by atoms with Crippen LogP contribution in [-0.4, -0.2) is 43.8 Å². The molecule has 154 valence electrons. The SMILES string of the molecule is CCN(CC)S(=O)(=O)c1ccc(OC)c(C(=O)Nc2nc3ccc(C)cc3s2)c1. The average Bonchev–Trinajstić information content (AvgIpc) is 3.09. The molecule has 0 aliphatic heterocycles. The highest BCUT2D eigenvalue weighted by molar-refractivity contribution is 7.89. The summed E-state index contributed by atoms with van der Waals surface area (Å²) in [5.41, 5.74) is 2.03. The zero-order valence-electron chi connectivity index (χ0n) is 16.7. The number of amides is 1. The standard InChI is InChI=1S/C20H23N3O4S2/c1-5-23(6-2)29(25,26)14-8-10-17(27-4)15(12-14)19(24)22-20-21-16-9-7-13(3)11-18(16)28-20/h7-12H,5-6H2,1-4H3,(H,21,22,24). The minimum absolute atomic E-state index is 0.0482. The van der Waals surface area contributed by atoms with E-state index in [1.165, 1.54) is 41.0 Å².